The number of ether oxygens (including phenoxy) is 1. The zero-order valence-corrected chi connectivity index (χ0v) is 24.4. The molecule has 11 heteroatoms. The smallest absolute Gasteiger partial charge is 0.291 e. The molecule has 11 nitrogen and oxygen atoms in total. The highest BCUT2D eigenvalue weighted by Gasteiger charge is 2.28. The Hall–Kier alpha value is -3.41. The molecule has 5 rings (SSSR count). The van der Waals surface area contributed by atoms with Crippen molar-refractivity contribution in [2.75, 3.05) is 88.2 Å². The van der Waals surface area contributed by atoms with Crippen LogP contribution in [0.4, 0.5) is 23.0 Å². The number of piperidine rings is 1. The molecular weight excluding hydrogens is 520 g/mol. The van der Waals surface area contributed by atoms with Gasteiger partial charge in [0.05, 0.1) is 24.9 Å². The van der Waals surface area contributed by atoms with Crippen molar-refractivity contribution in [3.05, 3.63) is 53.0 Å². The number of rotatable bonds is 9. The summed E-state index contributed by atoms with van der Waals surface area (Å²) in [6.45, 7) is 14.3. The van der Waals surface area contributed by atoms with E-state index in [4.69, 9.17) is 4.74 Å². The van der Waals surface area contributed by atoms with Crippen LogP contribution in [0.1, 0.15) is 25.5 Å². The van der Waals surface area contributed by atoms with Gasteiger partial charge < -0.3 is 35.1 Å². The van der Waals surface area contributed by atoms with E-state index in [1.807, 2.05) is 19.1 Å². The zero-order chi connectivity index (χ0) is 28.8. The van der Waals surface area contributed by atoms with Gasteiger partial charge in [-0.25, -0.2) is 4.98 Å². The van der Waals surface area contributed by atoms with Crippen LogP contribution in [-0.2, 0) is 16.0 Å². The number of nitrogens with zero attached hydrogens (tertiary/aromatic N) is 5. The minimum Gasteiger partial charge on any atom is -0.377 e. The summed E-state index contributed by atoms with van der Waals surface area (Å²) in [6.07, 6.45) is 4.32. The molecule has 3 aliphatic rings. The number of nitrogens with one attached hydrogen (secondary N) is 3. The second-order valence-corrected chi connectivity index (χ2v) is 11.2. The molecule has 4 heterocycles. The zero-order valence-electron chi connectivity index (χ0n) is 24.4. The lowest BCUT2D eigenvalue weighted by molar-refractivity contribution is -0.133. The average Bonchev–Trinajstić information content (AvgIpc) is 3.01. The summed E-state index contributed by atoms with van der Waals surface area (Å²) in [7, 11) is 2.21. The topological polar surface area (TPSA) is 109 Å². The van der Waals surface area contributed by atoms with Crippen molar-refractivity contribution in [1.82, 2.24) is 24.7 Å². The summed E-state index contributed by atoms with van der Waals surface area (Å²) in [4.78, 5) is 42.0. The van der Waals surface area contributed by atoms with Crippen molar-refractivity contribution < 1.29 is 9.53 Å². The minimum absolute atomic E-state index is 0.115. The van der Waals surface area contributed by atoms with Crippen molar-refractivity contribution in [3.63, 3.8) is 0 Å². The van der Waals surface area contributed by atoms with E-state index >= 15 is 0 Å². The van der Waals surface area contributed by atoms with Crippen LogP contribution >= 0.6 is 0 Å². The number of carbonyl (C=O) groups excluding carboxylic acids is 1. The molecule has 2 aromatic rings. The number of hydrogen-bond acceptors (Lipinski definition) is 9. The number of carbonyl (C=O) groups is 1. The Bertz CT molecular complexity index is 1230. The SMILES string of the molecule is C=CC(=O)N1CCOC[C@@H]1CNc1nc(Nc2ccc(N3CCC(N4CCN(C)CC4)CC3)cc2)c(=O)[nH]c1CC. The van der Waals surface area contributed by atoms with Gasteiger partial charge in [0.1, 0.15) is 5.82 Å². The third kappa shape index (κ3) is 7.09. The molecule has 1 amide bonds. The third-order valence-electron chi connectivity index (χ3n) is 8.55. The van der Waals surface area contributed by atoms with E-state index in [2.05, 4.69) is 61.1 Å². The van der Waals surface area contributed by atoms with E-state index < -0.39 is 0 Å². The fourth-order valence-electron chi connectivity index (χ4n) is 5.99. The van der Waals surface area contributed by atoms with Crippen LogP contribution in [0.3, 0.4) is 0 Å². The Kier molecular flexibility index (Phi) is 9.58. The molecule has 0 aliphatic carbocycles. The number of likely N-dealkylation sites (N-methyl/N-ethyl adjacent to an activating group) is 1. The standard InChI is InChI=1S/C30H44N8O3/c1-4-26-28(31-20-25-21-41-19-18-38(25)27(39)5-2)34-29(30(40)33-26)32-22-6-8-23(9-7-22)36-12-10-24(11-13-36)37-16-14-35(3)15-17-37/h5-9,24-25H,2,4,10-21H2,1,3H3,(H,33,40)(H2,31,32,34)/t25-/m0/s1. The number of morpholine rings is 1. The molecule has 1 atom stereocenters. The van der Waals surface area contributed by atoms with Gasteiger partial charge in [0.15, 0.2) is 5.82 Å². The number of benzene rings is 1. The largest absolute Gasteiger partial charge is 0.377 e. The highest BCUT2D eigenvalue weighted by Crippen LogP contribution is 2.25. The summed E-state index contributed by atoms with van der Waals surface area (Å²) in [5, 5.41) is 6.53. The van der Waals surface area contributed by atoms with Crippen LogP contribution in [0.15, 0.2) is 41.7 Å². The fourth-order valence-corrected chi connectivity index (χ4v) is 5.99. The molecule has 0 spiro atoms. The van der Waals surface area contributed by atoms with Gasteiger partial charge in [0, 0.05) is 69.8 Å². The molecule has 0 radical (unpaired) electrons. The van der Waals surface area contributed by atoms with Crippen LogP contribution in [-0.4, -0.2) is 115 Å². The van der Waals surface area contributed by atoms with Crippen LogP contribution in [0.5, 0.6) is 0 Å². The molecule has 41 heavy (non-hydrogen) atoms. The van der Waals surface area contributed by atoms with E-state index in [1.165, 1.54) is 37.7 Å². The van der Waals surface area contributed by atoms with E-state index in [1.54, 1.807) is 4.90 Å². The molecule has 0 unspecified atom stereocenters. The summed E-state index contributed by atoms with van der Waals surface area (Å²) >= 11 is 0. The Morgan fingerprint density at radius 3 is 2.51 bits per heavy atom. The normalized spacial score (nSPS) is 21.1. The van der Waals surface area contributed by atoms with Gasteiger partial charge in [0.25, 0.3) is 5.56 Å². The summed E-state index contributed by atoms with van der Waals surface area (Å²) in [6, 6.07) is 8.76. The number of hydrogen-bond donors (Lipinski definition) is 3. The van der Waals surface area contributed by atoms with Gasteiger partial charge in [-0.05, 0) is 56.7 Å². The van der Waals surface area contributed by atoms with Gasteiger partial charge in [-0.1, -0.05) is 13.5 Å². The Morgan fingerprint density at radius 2 is 1.83 bits per heavy atom. The van der Waals surface area contributed by atoms with E-state index in [9.17, 15) is 9.59 Å². The summed E-state index contributed by atoms with van der Waals surface area (Å²) in [5.41, 5.74) is 2.45. The first kappa shape index (κ1) is 29.1. The summed E-state index contributed by atoms with van der Waals surface area (Å²) in [5.74, 6) is 0.700. The average molecular weight is 565 g/mol. The predicted molar refractivity (Wildman–Crippen MR) is 163 cm³/mol. The van der Waals surface area contributed by atoms with Gasteiger partial charge >= 0.3 is 0 Å². The number of anilines is 4. The monoisotopic (exact) mass is 564 g/mol. The lowest BCUT2D eigenvalue weighted by atomic mass is 10.0. The second kappa shape index (κ2) is 13.5. The van der Waals surface area contributed by atoms with Crippen molar-refractivity contribution in [2.24, 2.45) is 0 Å². The maximum atomic E-state index is 12.8. The third-order valence-corrected chi connectivity index (χ3v) is 8.55. The summed E-state index contributed by atoms with van der Waals surface area (Å²) < 4.78 is 5.60. The van der Waals surface area contributed by atoms with Gasteiger partial charge in [-0.2, -0.15) is 0 Å². The number of H-pyrrole nitrogens is 1. The van der Waals surface area contributed by atoms with E-state index in [0.717, 1.165) is 31.9 Å². The number of aryl methyl sites for hydroxylation is 1. The number of aromatic amines is 1. The molecule has 3 N–H and O–H groups in total. The molecule has 3 saturated heterocycles. The van der Waals surface area contributed by atoms with Crippen LogP contribution in [0.2, 0.25) is 0 Å². The Balaban J connectivity index is 1.20. The molecule has 0 bridgehead atoms. The second-order valence-electron chi connectivity index (χ2n) is 11.2. The first-order valence-electron chi connectivity index (χ1n) is 14.9. The minimum atomic E-state index is -0.271. The van der Waals surface area contributed by atoms with Crippen molar-refractivity contribution in [2.45, 2.75) is 38.3 Å². The van der Waals surface area contributed by atoms with Crippen LogP contribution < -0.4 is 21.1 Å². The quantitative estimate of drug-likeness (QED) is 0.395. The maximum absolute atomic E-state index is 12.8. The molecule has 0 saturated carbocycles. The lowest BCUT2D eigenvalue weighted by Crippen LogP contribution is -2.52. The number of aromatic nitrogens is 2. The molecule has 3 fully saturated rings. The van der Waals surface area contributed by atoms with Crippen LogP contribution in [0.25, 0.3) is 0 Å². The molecule has 1 aromatic carbocycles. The first-order valence-corrected chi connectivity index (χ1v) is 14.9. The van der Waals surface area contributed by atoms with Gasteiger partial charge in [-0.3, -0.25) is 14.5 Å². The highest BCUT2D eigenvalue weighted by atomic mass is 16.5. The van der Waals surface area contributed by atoms with Crippen LogP contribution in [0, 0.1) is 0 Å². The van der Waals surface area contributed by atoms with Gasteiger partial charge in [-0.15, -0.1) is 0 Å². The lowest BCUT2D eigenvalue weighted by Gasteiger charge is -2.42. The predicted octanol–water partition coefficient (Wildman–Crippen LogP) is 2.12. The van der Waals surface area contributed by atoms with Crippen molar-refractivity contribution >= 4 is 28.9 Å². The molecule has 222 valence electrons. The van der Waals surface area contributed by atoms with Crippen molar-refractivity contribution in [1.29, 1.82) is 0 Å². The Morgan fingerprint density at radius 1 is 1.10 bits per heavy atom. The fraction of sp³-hybridized carbons (Fsp3) is 0.567. The highest BCUT2D eigenvalue weighted by molar-refractivity contribution is 5.87. The van der Waals surface area contributed by atoms with Gasteiger partial charge in [0.2, 0.25) is 5.91 Å². The molecule has 1 aromatic heterocycles. The number of piperazine rings is 1. The van der Waals surface area contributed by atoms with E-state index in [-0.39, 0.29) is 23.3 Å². The van der Waals surface area contributed by atoms with Crippen molar-refractivity contribution in [3.8, 4) is 0 Å². The first-order chi connectivity index (χ1) is 19.9. The molecule has 3 aliphatic heterocycles. The maximum Gasteiger partial charge on any atom is 0.291 e. The number of amides is 1. The Labute approximate surface area is 242 Å². The molecular formula is C30H44N8O3. The van der Waals surface area contributed by atoms with E-state index in [0.29, 0.717) is 50.3 Å².